The van der Waals surface area contributed by atoms with E-state index in [0.29, 0.717) is 6.04 Å². The van der Waals surface area contributed by atoms with Gasteiger partial charge in [-0.15, -0.1) is 0 Å². The van der Waals surface area contributed by atoms with Gasteiger partial charge in [0.25, 0.3) is 0 Å². The molecule has 1 aliphatic rings. The lowest BCUT2D eigenvalue weighted by Gasteiger charge is -2.38. The topological polar surface area (TPSA) is 12.0 Å². The highest BCUT2D eigenvalue weighted by Gasteiger charge is 2.30. The summed E-state index contributed by atoms with van der Waals surface area (Å²) in [7, 11) is 0. The van der Waals surface area contributed by atoms with Crippen LogP contribution in [0.25, 0.3) is 0 Å². The molecular formula is C14H21N. The summed E-state index contributed by atoms with van der Waals surface area (Å²) in [6, 6.07) is 2.89. The molecule has 2 rings (SSSR count). The average molecular weight is 203 g/mol. The second kappa shape index (κ2) is 3.64. The molecule has 2 unspecified atom stereocenters. The number of rotatable bonds is 1. The molecule has 82 valence electrons. The molecular weight excluding hydrogens is 182 g/mol. The summed E-state index contributed by atoms with van der Waals surface area (Å²) in [5.41, 5.74) is 7.35. The summed E-state index contributed by atoms with van der Waals surface area (Å²) in [5.74, 6) is 0.781. The summed E-state index contributed by atoms with van der Waals surface area (Å²) >= 11 is 0. The number of aryl methyl sites for hydroxylation is 2. The maximum absolute atomic E-state index is 3.55. The summed E-state index contributed by atoms with van der Waals surface area (Å²) < 4.78 is 0. The molecule has 1 heterocycles. The third-order valence-electron chi connectivity index (χ3n) is 3.96. The maximum atomic E-state index is 3.55. The Morgan fingerprint density at radius 2 is 1.60 bits per heavy atom. The van der Waals surface area contributed by atoms with Crippen LogP contribution < -0.4 is 5.32 Å². The molecule has 0 aliphatic carbocycles. The minimum absolute atomic E-state index is 0.587. The van der Waals surface area contributed by atoms with Gasteiger partial charge in [0, 0.05) is 12.6 Å². The monoisotopic (exact) mass is 203 g/mol. The zero-order valence-corrected chi connectivity index (χ0v) is 10.4. The van der Waals surface area contributed by atoms with Gasteiger partial charge in [-0.3, -0.25) is 0 Å². The molecule has 0 radical (unpaired) electrons. The van der Waals surface area contributed by atoms with Crippen LogP contribution in [0.2, 0.25) is 0 Å². The summed E-state index contributed by atoms with van der Waals surface area (Å²) in [6.07, 6.45) is 0. The molecule has 0 aromatic heterocycles. The predicted molar refractivity (Wildman–Crippen MR) is 65.3 cm³/mol. The molecule has 1 nitrogen and oxygen atoms in total. The average Bonchev–Trinajstić information content (AvgIpc) is 2.19. The van der Waals surface area contributed by atoms with E-state index in [1.165, 1.54) is 22.3 Å². The number of hydrogen-bond donors (Lipinski definition) is 1. The van der Waals surface area contributed by atoms with Crippen molar-refractivity contribution < 1.29 is 0 Å². The van der Waals surface area contributed by atoms with Gasteiger partial charge >= 0.3 is 0 Å². The molecule has 2 atom stereocenters. The quantitative estimate of drug-likeness (QED) is 0.739. The fourth-order valence-corrected chi connectivity index (χ4v) is 2.57. The van der Waals surface area contributed by atoms with E-state index in [9.17, 15) is 0 Å². The minimum Gasteiger partial charge on any atom is -0.309 e. The van der Waals surface area contributed by atoms with Crippen LogP contribution in [0.5, 0.6) is 0 Å². The Kier molecular flexibility index (Phi) is 2.59. The first-order chi connectivity index (χ1) is 7.02. The van der Waals surface area contributed by atoms with Crippen molar-refractivity contribution in [3.8, 4) is 0 Å². The van der Waals surface area contributed by atoms with Crippen LogP contribution in [0.3, 0.4) is 0 Å². The first-order valence-corrected chi connectivity index (χ1v) is 5.83. The molecule has 1 aliphatic heterocycles. The van der Waals surface area contributed by atoms with Crippen LogP contribution >= 0.6 is 0 Å². The zero-order chi connectivity index (χ0) is 11.2. The van der Waals surface area contributed by atoms with E-state index in [1.54, 1.807) is 5.56 Å². The first kappa shape index (κ1) is 10.7. The Morgan fingerprint density at radius 1 is 1.07 bits per heavy atom. The summed E-state index contributed by atoms with van der Waals surface area (Å²) in [5, 5.41) is 3.55. The lowest BCUT2D eigenvalue weighted by molar-refractivity contribution is 0.256. The van der Waals surface area contributed by atoms with Crippen LogP contribution in [-0.4, -0.2) is 6.54 Å². The van der Waals surface area contributed by atoms with E-state index in [-0.39, 0.29) is 0 Å². The van der Waals surface area contributed by atoms with E-state index in [0.717, 1.165) is 12.5 Å². The molecule has 1 N–H and O–H groups in total. The first-order valence-electron chi connectivity index (χ1n) is 5.83. The Bertz CT molecular complexity index is 367. The second-order valence-electron chi connectivity index (χ2n) is 5.04. The standard InChI is InChI=1S/C14H21N/c1-8-6-9(2)12(5)13(11(8)4)14-10(3)7-15-14/h6,10,14-15H,7H2,1-5H3. The molecule has 15 heavy (non-hydrogen) atoms. The van der Waals surface area contributed by atoms with Crippen LogP contribution in [0.4, 0.5) is 0 Å². The predicted octanol–water partition coefficient (Wildman–Crippen LogP) is 3.20. The lowest BCUT2D eigenvalue weighted by atomic mass is 9.81. The molecule has 0 spiro atoms. The molecule has 1 fully saturated rings. The van der Waals surface area contributed by atoms with Crippen molar-refractivity contribution in [1.29, 1.82) is 0 Å². The van der Waals surface area contributed by atoms with E-state index in [1.807, 2.05) is 0 Å². The van der Waals surface area contributed by atoms with Crippen molar-refractivity contribution in [2.75, 3.05) is 6.54 Å². The van der Waals surface area contributed by atoms with Crippen molar-refractivity contribution >= 4 is 0 Å². The van der Waals surface area contributed by atoms with Gasteiger partial charge in [0.05, 0.1) is 0 Å². The van der Waals surface area contributed by atoms with E-state index >= 15 is 0 Å². The van der Waals surface area contributed by atoms with Gasteiger partial charge in [-0.1, -0.05) is 13.0 Å². The Labute approximate surface area is 92.9 Å². The van der Waals surface area contributed by atoms with Gasteiger partial charge in [0.1, 0.15) is 0 Å². The van der Waals surface area contributed by atoms with Gasteiger partial charge in [-0.25, -0.2) is 0 Å². The van der Waals surface area contributed by atoms with E-state index in [2.05, 4.69) is 46.0 Å². The third-order valence-corrected chi connectivity index (χ3v) is 3.96. The SMILES string of the molecule is Cc1cc(C)c(C)c(C2NCC2C)c1C. The molecule has 0 bridgehead atoms. The highest BCUT2D eigenvalue weighted by Crippen LogP contribution is 2.35. The van der Waals surface area contributed by atoms with Crippen LogP contribution in [0, 0.1) is 33.6 Å². The number of nitrogens with one attached hydrogen (secondary N) is 1. The Hall–Kier alpha value is -0.820. The molecule has 0 saturated carbocycles. The molecule has 1 heteroatoms. The zero-order valence-electron chi connectivity index (χ0n) is 10.4. The van der Waals surface area contributed by atoms with Crippen LogP contribution in [0.1, 0.15) is 40.8 Å². The van der Waals surface area contributed by atoms with Gasteiger partial charge in [-0.05, 0) is 61.4 Å². The van der Waals surface area contributed by atoms with E-state index < -0.39 is 0 Å². The minimum atomic E-state index is 0.587. The van der Waals surface area contributed by atoms with Gasteiger partial charge < -0.3 is 5.32 Å². The molecule has 1 saturated heterocycles. The van der Waals surface area contributed by atoms with Gasteiger partial charge in [-0.2, -0.15) is 0 Å². The van der Waals surface area contributed by atoms with Crippen molar-refractivity contribution in [3.05, 3.63) is 33.9 Å². The van der Waals surface area contributed by atoms with Crippen molar-refractivity contribution in [2.24, 2.45) is 5.92 Å². The van der Waals surface area contributed by atoms with Gasteiger partial charge in [0.2, 0.25) is 0 Å². The maximum Gasteiger partial charge on any atom is 0.0363 e. The normalized spacial score (nSPS) is 25.1. The smallest absolute Gasteiger partial charge is 0.0363 e. The molecule has 1 aromatic rings. The van der Waals surface area contributed by atoms with Crippen molar-refractivity contribution in [3.63, 3.8) is 0 Å². The van der Waals surface area contributed by atoms with Gasteiger partial charge in [0.15, 0.2) is 0 Å². The van der Waals surface area contributed by atoms with Crippen molar-refractivity contribution in [1.82, 2.24) is 5.32 Å². The summed E-state index contributed by atoms with van der Waals surface area (Å²) in [6.45, 7) is 12.4. The molecule has 0 amide bonds. The lowest BCUT2D eigenvalue weighted by Crippen LogP contribution is -2.44. The largest absolute Gasteiger partial charge is 0.309 e. The number of benzene rings is 1. The van der Waals surface area contributed by atoms with Crippen LogP contribution in [-0.2, 0) is 0 Å². The Morgan fingerprint density at radius 3 is 1.93 bits per heavy atom. The second-order valence-corrected chi connectivity index (χ2v) is 5.04. The highest BCUT2D eigenvalue weighted by molar-refractivity contribution is 5.46. The van der Waals surface area contributed by atoms with Crippen molar-refractivity contribution in [2.45, 2.75) is 40.7 Å². The summed E-state index contributed by atoms with van der Waals surface area (Å²) in [4.78, 5) is 0. The third kappa shape index (κ3) is 1.59. The molecule has 1 aromatic carbocycles. The fourth-order valence-electron chi connectivity index (χ4n) is 2.57. The van der Waals surface area contributed by atoms with E-state index in [4.69, 9.17) is 0 Å². The fraction of sp³-hybridized carbons (Fsp3) is 0.571. The number of hydrogen-bond acceptors (Lipinski definition) is 1. The highest BCUT2D eigenvalue weighted by atomic mass is 15.0. The Balaban J connectivity index is 2.53. The van der Waals surface area contributed by atoms with Crippen LogP contribution in [0.15, 0.2) is 6.07 Å².